The molecule has 5 nitrogen and oxygen atoms in total. The number of anilines is 2. The van der Waals surface area contributed by atoms with Gasteiger partial charge in [0, 0.05) is 42.1 Å². The second-order valence-corrected chi connectivity index (χ2v) is 6.53. The lowest BCUT2D eigenvalue weighted by atomic mass is 10.1. The highest BCUT2D eigenvalue weighted by Crippen LogP contribution is 2.22. The van der Waals surface area contributed by atoms with Gasteiger partial charge in [-0.3, -0.25) is 9.59 Å². The van der Waals surface area contributed by atoms with Gasteiger partial charge in [-0.05, 0) is 61.7 Å². The van der Waals surface area contributed by atoms with Crippen LogP contribution in [0.15, 0.2) is 48.5 Å². The van der Waals surface area contributed by atoms with Crippen LogP contribution in [-0.4, -0.2) is 31.4 Å². The Morgan fingerprint density at radius 1 is 0.962 bits per heavy atom. The molecule has 1 saturated heterocycles. The lowest BCUT2D eigenvalue weighted by molar-refractivity contribution is 0.0953. The molecule has 1 aliphatic heterocycles. The normalized spacial score (nSPS) is 13.5. The first kappa shape index (κ1) is 18.0. The Bertz CT molecular complexity index is 765. The van der Waals surface area contributed by atoms with Crippen LogP contribution in [0, 0.1) is 0 Å². The standard InChI is InChI=1S/C21H25N3O2/c1-2-12-22-20(25)16-6-5-7-17(15-16)21(26)23-18-8-10-19(11-9-18)24-13-3-4-14-24/h5-11,15H,2-4,12-14H2,1H3,(H,22,25)(H,23,26). The van der Waals surface area contributed by atoms with E-state index in [1.54, 1.807) is 24.3 Å². The van der Waals surface area contributed by atoms with Gasteiger partial charge in [0.15, 0.2) is 0 Å². The van der Waals surface area contributed by atoms with E-state index in [1.165, 1.54) is 18.5 Å². The summed E-state index contributed by atoms with van der Waals surface area (Å²) >= 11 is 0. The zero-order valence-corrected chi connectivity index (χ0v) is 15.1. The number of amides is 2. The van der Waals surface area contributed by atoms with Crippen molar-refractivity contribution in [3.63, 3.8) is 0 Å². The smallest absolute Gasteiger partial charge is 0.255 e. The summed E-state index contributed by atoms with van der Waals surface area (Å²) in [6.45, 7) is 4.81. The average Bonchev–Trinajstić information content (AvgIpc) is 3.21. The van der Waals surface area contributed by atoms with E-state index in [1.807, 2.05) is 31.2 Å². The van der Waals surface area contributed by atoms with Crippen molar-refractivity contribution in [2.24, 2.45) is 0 Å². The molecular weight excluding hydrogens is 326 g/mol. The number of hydrogen-bond acceptors (Lipinski definition) is 3. The van der Waals surface area contributed by atoms with Gasteiger partial charge in [0.2, 0.25) is 0 Å². The maximum atomic E-state index is 12.5. The second-order valence-electron chi connectivity index (χ2n) is 6.53. The molecule has 2 aromatic carbocycles. The van der Waals surface area contributed by atoms with Crippen LogP contribution < -0.4 is 15.5 Å². The van der Waals surface area contributed by atoms with E-state index < -0.39 is 0 Å². The summed E-state index contributed by atoms with van der Waals surface area (Å²) in [6.07, 6.45) is 3.35. The summed E-state index contributed by atoms with van der Waals surface area (Å²) in [7, 11) is 0. The topological polar surface area (TPSA) is 61.4 Å². The van der Waals surface area contributed by atoms with Crippen molar-refractivity contribution < 1.29 is 9.59 Å². The lowest BCUT2D eigenvalue weighted by Crippen LogP contribution is -2.24. The van der Waals surface area contributed by atoms with Gasteiger partial charge in [0.05, 0.1) is 0 Å². The molecule has 1 heterocycles. The first-order valence-corrected chi connectivity index (χ1v) is 9.22. The van der Waals surface area contributed by atoms with E-state index in [4.69, 9.17) is 0 Å². The first-order chi connectivity index (χ1) is 12.7. The van der Waals surface area contributed by atoms with E-state index >= 15 is 0 Å². The predicted molar refractivity (Wildman–Crippen MR) is 105 cm³/mol. The van der Waals surface area contributed by atoms with Crippen LogP contribution in [0.25, 0.3) is 0 Å². The summed E-state index contributed by atoms with van der Waals surface area (Å²) in [4.78, 5) is 26.9. The molecule has 2 aromatic rings. The Labute approximate surface area is 154 Å². The molecule has 1 fully saturated rings. The summed E-state index contributed by atoms with van der Waals surface area (Å²) in [5, 5.41) is 5.72. The van der Waals surface area contributed by atoms with Gasteiger partial charge >= 0.3 is 0 Å². The molecular formula is C21H25N3O2. The van der Waals surface area contributed by atoms with E-state index in [2.05, 4.69) is 15.5 Å². The highest BCUT2D eigenvalue weighted by Gasteiger charge is 2.13. The minimum atomic E-state index is -0.218. The zero-order chi connectivity index (χ0) is 18.4. The first-order valence-electron chi connectivity index (χ1n) is 9.22. The maximum Gasteiger partial charge on any atom is 0.255 e. The molecule has 0 unspecified atom stereocenters. The Morgan fingerprint density at radius 2 is 1.62 bits per heavy atom. The van der Waals surface area contributed by atoms with Gasteiger partial charge in [-0.25, -0.2) is 0 Å². The van der Waals surface area contributed by atoms with Crippen LogP contribution in [0.3, 0.4) is 0 Å². The predicted octanol–water partition coefficient (Wildman–Crippen LogP) is 3.68. The molecule has 0 spiro atoms. The van der Waals surface area contributed by atoms with E-state index in [9.17, 15) is 9.59 Å². The van der Waals surface area contributed by atoms with Crippen LogP contribution in [0.4, 0.5) is 11.4 Å². The number of hydrogen-bond donors (Lipinski definition) is 2. The molecule has 1 aliphatic rings. The van der Waals surface area contributed by atoms with Crippen molar-refractivity contribution in [3.8, 4) is 0 Å². The number of nitrogens with zero attached hydrogens (tertiary/aromatic N) is 1. The van der Waals surface area contributed by atoms with Crippen molar-refractivity contribution in [1.29, 1.82) is 0 Å². The van der Waals surface area contributed by atoms with Gasteiger partial charge < -0.3 is 15.5 Å². The van der Waals surface area contributed by atoms with Crippen LogP contribution in [-0.2, 0) is 0 Å². The van der Waals surface area contributed by atoms with Crippen molar-refractivity contribution >= 4 is 23.2 Å². The van der Waals surface area contributed by atoms with E-state index in [0.717, 1.165) is 25.2 Å². The Kier molecular flexibility index (Phi) is 5.89. The molecule has 2 N–H and O–H groups in total. The van der Waals surface area contributed by atoms with Crippen molar-refractivity contribution in [1.82, 2.24) is 5.32 Å². The minimum Gasteiger partial charge on any atom is -0.372 e. The fourth-order valence-electron chi connectivity index (χ4n) is 3.08. The maximum absolute atomic E-state index is 12.5. The number of carbonyl (C=O) groups is 2. The Morgan fingerprint density at radius 3 is 2.27 bits per heavy atom. The third-order valence-corrected chi connectivity index (χ3v) is 4.52. The molecule has 5 heteroatoms. The number of rotatable bonds is 6. The van der Waals surface area contributed by atoms with Crippen LogP contribution in [0.2, 0.25) is 0 Å². The molecule has 0 radical (unpaired) electrons. The third kappa shape index (κ3) is 4.42. The largest absolute Gasteiger partial charge is 0.372 e. The monoisotopic (exact) mass is 351 g/mol. The van der Waals surface area contributed by atoms with Gasteiger partial charge in [-0.15, -0.1) is 0 Å². The molecule has 3 rings (SSSR count). The zero-order valence-electron chi connectivity index (χ0n) is 15.1. The fourth-order valence-corrected chi connectivity index (χ4v) is 3.08. The van der Waals surface area contributed by atoms with E-state index in [0.29, 0.717) is 17.7 Å². The summed E-state index contributed by atoms with van der Waals surface area (Å²) in [6, 6.07) is 14.7. The van der Waals surface area contributed by atoms with Crippen molar-refractivity contribution in [2.45, 2.75) is 26.2 Å². The lowest BCUT2D eigenvalue weighted by Gasteiger charge is -2.17. The summed E-state index contributed by atoms with van der Waals surface area (Å²) in [5.74, 6) is -0.375. The molecule has 2 amide bonds. The number of nitrogens with one attached hydrogen (secondary N) is 2. The Hall–Kier alpha value is -2.82. The Balaban J connectivity index is 1.65. The van der Waals surface area contributed by atoms with E-state index in [-0.39, 0.29) is 11.8 Å². The second kappa shape index (κ2) is 8.52. The highest BCUT2D eigenvalue weighted by molar-refractivity contribution is 6.06. The molecule has 0 saturated carbocycles. The number of benzene rings is 2. The molecule has 0 bridgehead atoms. The van der Waals surface area contributed by atoms with Gasteiger partial charge in [0.25, 0.3) is 11.8 Å². The van der Waals surface area contributed by atoms with Gasteiger partial charge in [-0.2, -0.15) is 0 Å². The van der Waals surface area contributed by atoms with Crippen LogP contribution in [0.1, 0.15) is 46.9 Å². The summed E-state index contributed by atoms with van der Waals surface area (Å²) in [5.41, 5.74) is 2.90. The van der Waals surface area contributed by atoms with Crippen molar-refractivity contribution in [3.05, 3.63) is 59.7 Å². The molecule has 0 atom stereocenters. The van der Waals surface area contributed by atoms with Gasteiger partial charge in [-0.1, -0.05) is 13.0 Å². The quantitative estimate of drug-likeness (QED) is 0.834. The summed E-state index contributed by atoms with van der Waals surface area (Å²) < 4.78 is 0. The number of carbonyl (C=O) groups excluding carboxylic acids is 2. The third-order valence-electron chi connectivity index (χ3n) is 4.52. The van der Waals surface area contributed by atoms with Crippen LogP contribution in [0.5, 0.6) is 0 Å². The van der Waals surface area contributed by atoms with Crippen LogP contribution >= 0.6 is 0 Å². The minimum absolute atomic E-state index is 0.156. The SMILES string of the molecule is CCCNC(=O)c1cccc(C(=O)Nc2ccc(N3CCCC3)cc2)c1. The fraction of sp³-hybridized carbons (Fsp3) is 0.333. The molecule has 0 aromatic heterocycles. The van der Waals surface area contributed by atoms with Gasteiger partial charge in [0.1, 0.15) is 0 Å². The molecule has 0 aliphatic carbocycles. The molecule has 136 valence electrons. The highest BCUT2D eigenvalue weighted by atomic mass is 16.2. The van der Waals surface area contributed by atoms with Crippen molar-refractivity contribution in [2.75, 3.05) is 29.9 Å². The molecule has 26 heavy (non-hydrogen) atoms. The average molecular weight is 351 g/mol.